The smallest absolute Gasteiger partial charge is 0.389 e. The summed E-state index contributed by atoms with van der Waals surface area (Å²) in [6.07, 6.45) is -3.32. The first-order valence-corrected chi connectivity index (χ1v) is 5.51. The third-order valence-electron chi connectivity index (χ3n) is 3.61. The summed E-state index contributed by atoms with van der Waals surface area (Å²) in [5.74, 6) is 0.827. The van der Waals surface area contributed by atoms with Crippen molar-refractivity contribution in [1.82, 2.24) is 0 Å². The Morgan fingerprint density at radius 1 is 1.27 bits per heavy atom. The van der Waals surface area contributed by atoms with E-state index in [4.69, 9.17) is 0 Å². The van der Waals surface area contributed by atoms with E-state index < -0.39 is 18.2 Å². The van der Waals surface area contributed by atoms with E-state index in [1.807, 2.05) is 6.92 Å². The molecule has 1 rings (SSSR count). The summed E-state index contributed by atoms with van der Waals surface area (Å²) >= 11 is 0. The molecule has 1 nitrogen and oxygen atoms in total. The molecule has 90 valence electrons. The minimum atomic E-state index is -4.15. The quantitative estimate of drug-likeness (QED) is 0.761. The number of halogens is 3. The maximum Gasteiger partial charge on any atom is 0.389 e. The van der Waals surface area contributed by atoms with Crippen molar-refractivity contribution in [3.63, 3.8) is 0 Å². The molecular weight excluding hydrogens is 205 g/mol. The van der Waals surface area contributed by atoms with Crippen LogP contribution < -0.4 is 0 Å². The molecule has 0 aromatic heterocycles. The molecular formula is C11H19F3O. The van der Waals surface area contributed by atoms with Crippen LogP contribution in [0.5, 0.6) is 0 Å². The summed E-state index contributed by atoms with van der Waals surface area (Å²) in [4.78, 5) is 0. The molecule has 1 fully saturated rings. The predicted molar refractivity (Wildman–Crippen MR) is 52.4 cm³/mol. The molecule has 1 aliphatic rings. The molecule has 0 aromatic rings. The fraction of sp³-hybridized carbons (Fsp3) is 1.00. The highest BCUT2D eigenvalue weighted by Crippen LogP contribution is 2.40. The summed E-state index contributed by atoms with van der Waals surface area (Å²) in [5.41, 5.74) is -1.08. The minimum absolute atomic E-state index is 0.145. The van der Waals surface area contributed by atoms with Gasteiger partial charge in [-0.2, -0.15) is 13.2 Å². The second-order valence-electron chi connectivity index (χ2n) is 5.04. The van der Waals surface area contributed by atoms with Crippen molar-refractivity contribution in [2.24, 2.45) is 11.8 Å². The van der Waals surface area contributed by atoms with Gasteiger partial charge in [0.25, 0.3) is 0 Å². The van der Waals surface area contributed by atoms with E-state index in [9.17, 15) is 18.3 Å². The van der Waals surface area contributed by atoms with Gasteiger partial charge in [-0.15, -0.1) is 0 Å². The second kappa shape index (κ2) is 4.32. The fourth-order valence-electron chi connectivity index (χ4n) is 2.28. The van der Waals surface area contributed by atoms with Crippen LogP contribution in [0.2, 0.25) is 0 Å². The van der Waals surface area contributed by atoms with Gasteiger partial charge >= 0.3 is 6.18 Å². The average Bonchev–Trinajstić information content (AvgIpc) is 2.08. The van der Waals surface area contributed by atoms with Crippen molar-refractivity contribution in [3.8, 4) is 0 Å². The van der Waals surface area contributed by atoms with Crippen LogP contribution in [0.4, 0.5) is 13.2 Å². The zero-order chi connectivity index (χ0) is 11.7. The third-order valence-corrected chi connectivity index (χ3v) is 3.61. The van der Waals surface area contributed by atoms with Gasteiger partial charge in [-0.3, -0.25) is 0 Å². The Balaban J connectivity index is 2.46. The van der Waals surface area contributed by atoms with E-state index in [1.165, 1.54) is 0 Å². The molecule has 3 atom stereocenters. The molecule has 0 spiro atoms. The summed E-state index contributed by atoms with van der Waals surface area (Å²) in [6.45, 7) is 4.09. The number of hydrogen-bond donors (Lipinski definition) is 1. The van der Waals surface area contributed by atoms with Crippen LogP contribution in [0.15, 0.2) is 0 Å². The van der Waals surface area contributed by atoms with Gasteiger partial charge in [-0.25, -0.2) is 0 Å². The maximum absolute atomic E-state index is 12.0. The lowest BCUT2D eigenvalue weighted by molar-refractivity contribution is -0.151. The molecule has 0 heterocycles. The molecule has 0 aliphatic heterocycles. The third kappa shape index (κ3) is 4.01. The SMILES string of the molecule is CC1CCC(O)(CCC(F)(F)F)CC1C. The molecule has 0 bridgehead atoms. The van der Waals surface area contributed by atoms with Gasteiger partial charge < -0.3 is 5.11 Å². The molecule has 0 amide bonds. The van der Waals surface area contributed by atoms with Crippen LogP contribution in [0.1, 0.15) is 46.0 Å². The molecule has 0 saturated heterocycles. The highest BCUT2D eigenvalue weighted by molar-refractivity contribution is 4.88. The molecule has 0 radical (unpaired) electrons. The largest absolute Gasteiger partial charge is 0.390 e. The molecule has 0 aromatic carbocycles. The number of hydrogen-bond acceptors (Lipinski definition) is 1. The van der Waals surface area contributed by atoms with Gasteiger partial charge in [0.05, 0.1) is 5.60 Å². The molecule has 1 aliphatic carbocycles. The predicted octanol–water partition coefficient (Wildman–Crippen LogP) is 3.52. The first kappa shape index (κ1) is 12.8. The van der Waals surface area contributed by atoms with Crippen molar-refractivity contribution in [2.75, 3.05) is 0 Å². The Morgan fingerprint density at radius 3 is 2.33 bits per heavy atom. The topological polar surface area (TPSA) is 20.2 Å². The van der Waals surface area contributed by atoms with E-state index in [-0.39, 0.29) is 6.42 Å². The molecule has 3 unspecified atom stereocenters. The second-order valence-corrected chi connectivity index (χ2v) is 5.04. The molecule has 4 heteroatoms. The zero-order valence-corrected chi connectivity index (χ0v) is 9.27. The van der Waals surface area contributed by atoms with Gasteiger partial charge in [0.2, 0.25) is 0 Å². The molecule has 1 N–H and O–H groups in total. The van der Waals surface area contributed by atoms with E-state index in [2.05, 4.69) is 6.92 Å². The number of aliphatic hydroxyl groups is 1. The van der Waals surface area contributed by atoms with Crippen LogP contribution in [0.3, 0.4) is 0 Å². The standard InChI is InChI=1S/C11H19F3O/c1-8-3-4-10(15,7-9(8)2)5-6-11(12,13)14/h8-9,15H,3-7H2,1-2H3. The van der Waals surface area contributed by atoms with Gasteiger partial charge in [0, 0.05) is 6.42 Å². The van der Waals surface area contributed by atoms with Gasteiger partial charge in [0.15, 0.2) is 0 Å². The van der Waals surface area contributed by atoms with Crippen molar-refractivity contribution >= 4 is 0 Å². The summed E-state index contributed by atoms with van der Waals surface area (Å²) in [7, 11) is 0. The number of rotatable bonds is 2. The summed E-state index contributed by atoms with van der Waals surface area (Å²) < 4.78 is 36.1. The van der Waals surface area contributed by atoms with Crippen molar-refractivity contribution in [2.45, 2.75) is 57.7 Å². The first-order chi connectivity index (χ1) is 6.72. The van der Waals surface area contributed by atoms with E-state index in [1.54, 1.807) is 0 Å². The van der Waals surface area contributed by atoms with Gasteiger partial charge in [-0.1, -0.05) is 13.8 Å². The first-order valence-electron chi connectivity index (χ1n) is 5.51. The van der Waals surface area contributed by atoms with Crippen molar-refractivity contribution < 1.29 is 18.3 Å². The van der Waals surface area contributed by atoms with Crippen LogP contribution >= 0.6 is 0 Å². The Hall–Kier alpha value is -0.250. The Kier molecular flexibility index (Phi) is 3.69. The highest BCUT2D eigenvalue weighted by atomic mass is 19.4. The summed E-state index contributed by atoms with van der Waals surface area (Å²) in [6, 6.07) is 0. The van der Waals surface area contributed by atoms with Crippen LogP contribution in [-0.4, -0.2) is 16.9 Å². The van der Waals surface area contributed by atoms with Gasteiger partial charge in [-0.05, 0) is 37.5 Å². The van der Waals surface area contributed by atoms with Crippen molar-refractivity contribution in [1.29, 1.82) is 0 Å². The Bertz CT molecular complexity index is 214. The normalized spacial score (nSPS) is 38.0. The van der Waals surface area contributed by atoms with Crippen molar-refractivity contribution in [3.05, 3.63) is 0 Å². The van der Waals surface area contributed by atoms with Crippen LogP contribution in [0.25, 0.3) is 0 Å². The molecule has 1 saturated carbocycles. The van der Waals surface area contributed by atoms with E-state index in [0.717, 1.165) is 6.42 Å². The summed E-state index contributed by atoms with van der Waals surface area (Å²) in [5, 5.41) is 10.0. The lowest BCUT2D eigenvalue weighted by Gasteiger charge is -2.39. The van der Waals surface area contributed by atoms with E-state index in [0.29, 0.717) is 24.7 Å². The zero-order valence-electron chi connectivity index (χ0n) is 9.27. The van der Waals surface area contributed by atoms with Crippen LogP contribution in [0, 0.1) is 11.8 Å². The number of alkyl halides is 3. The van der Waals surface area contributed by atoms with Gasteiger partial charge in [0.1, 0.15) is 0 Å². The Morgan fingerprint density at radius 2 is 1.87 bits per heavy atom. The average molecular weight is 224 g/mol. The lowest BCUT2D eigenvalue weighted by Crippen LogP contribution is -2.38. The monoisotopic (exact) mass is 224 g/mol. The van der Waals surface area contributed by atoms with Crippen LogP contribution in [-0.2, 0) is 0 Å². The Labute approximate surface area is 88.7 Å². The molecule has 15 heavy (non-hydrogen) atoms. The maximum atomic E-state index is 12.0. The highest BCUT2D eigenvalue weighted by Gasteiger charge is 2.39. The fourth-order valence-corrected chi connectivity index (χ4v) is 2.28. The van der Waals surface area contributed by atoms with E-state index >= 15 is 0 Å². The minimum Gasteiger partial charge on any atom is -0.390 e. The lowest BCUT2D eigenvalue weighted by atomic mass is 9.71.